The number of hydrogen-bond donors (Lipinski definition) is 3. The molecule has 0 radical (unpaired) electrons. The molecule has 10 heteroatoms. The summed E-state index contributed by atoms with van der Waals surface area (Å²) >= 11 is 7.43. The third-order valence-corrected chi connectivity index (χ3v) is 4.44. The molecule has 1 aromatic rings. The molecule has 0 aliphatic rings. The van der Waals surface area contributed by atoms with Gasteiger partial charge in [0.05, 0.1) is 22.8 Å². The number of nitrogens with one attached hydrogen (secondary N) is 1. The van der Waals surface area contributed by atoms with E-state index < -0.39 is 12.0 Å². The van der Waals surface area contributed by atoms with Gasteiger partial charge in [-0.2, -0.15) is 0 Å². The van der Waals surface area contributed by atoms with E-state index in [0.29, 0.717) is 23.3 Å². The molecule has 0 bridgehead atoms. The first kappa shape index (κ1) is 28.7. The largest absolute Gasteiger partial charge is 0.480 e. The van der Waals surface area contributed by atoms with Crippen LogP contribution in [0, 0.1) is 5.92 Å². The van der Waals surface area contributed by atoms with Gasteiger partial charge in [0.1, 0.15) is 11.8 Å². The van der Waals surface area contributed by atoms with Crippen LogP contribution in [0.15, 0.2) is 11.4 Å². The van der Waals surface area contributed by atoms with Crippen LogP contribution in [0.2, 0.25) is 5.02 Å². The smallest absolute Gasteiger partial charge is 0.320 e. The predicted octanol–water partition coefficient (Wildman–Crippen LogP) is 2.85. The van der Waals surface area contributed by atoms with Crippen molar-refractivity contribution in [3.63, 3.8) is 0 Å². The first-order valence-corrected chi connectivity index (χ1v) is 10.7. The summed E-state index contributed by atoms with van der Waals surface area (Å²) in [6.45, 7) is 6.30. The Morgan fingerprint density at radius 3 is 2.25 bits per heavy atom. The maximum absolute atomic E-state index is 11.4. The highest BCUT2D eigenvalue weighted by atomic mass is 35.5. The average Bonchev–Trinajstić information content (AvgIpc) is 3.02. The monoisotopic (exact) mass is 452 g/mol. The number of hydrogen-bond acceptors (Lipinski definition) is 6. The number of ketones is 1. The van der Waals surface area contributed by atoms with Gasteiger partial charge in [-0.25, -0.2) is 4.21 Å². The summed E-state index contributed by atoms with van der Waals surface area (Å²) in [6, 6.07) is 0.784. The Bertz CT molecular complexity index is 644. The molecule has 1 amide bonds. The molecule has 1 unspecified atom stereocenters. The van der Waals surface area contributed by atoms with E-state index in [9.17, 15) is 14.4 Å². The van der Waals surface area contributed by atoms with E-state index in [4.69, 9.17) is 26.7 Å². The fourth-order valence-electron chi connectivity index (χ4n) is 1.62. The van der Waals surface area contributed by atoms with Gasteiger partial charge in [0, 0.05) is 23.1 Å². The van der Waals surface area contributed by atoms with E-state index >= 15 is 0 Å². The zero-order valence-corrected chi connectivity index (χ0v) is 18.8. The average molecular weight is 453 g/mol. The van der Waals surface area contributed by atoms with Crippen molar-refractivity contribution in [2.45, 2.75) is 59.0 Å². The number of carbonyl (C=O) groups excluding carboxylic acids is 2. The number of carboxylic acid groups (broad SMARTS) is 1. The van der Waals surface area contributed by atoms with Crippen LogP contribution in [-0.2, 0) is 32.2 Å². The molecule has 160 valence electrons. The van der Waals surface area contributed by atoms with Gasteiger partial charge in [0.15, 0.2) is 0 Å². The van der Waals surface area contributed by atoms with Crippen LogP contribution in [0.25, 0.3) is 0 Å². The van der Waals surface area contributed by atoms with E-state index in [2.05, 4.69) is 25.0 Å². The third kappa shape index (κ3) is 19.2. The first-order valence-electron chi connectivity index (χ1n) is 8.54. The number of Topliss-reactive ketones (excluding diaryl/α,β-unsaturated/α-hetero) is 1. The number of amides is 1. The fraction of sp³-hybridized carbons (Fsp3) is 0.556. The summed E-state index contributed by atoms with van der Waals surface area (Å²) in [5.74, 6) is 2.51. The number of thiophene rings is 1. The fourth-order valence-corrected chi connectivity index (χ4v) is 2.64. The molecule has 0 saturated heterocycles. The van der Waals surface area contributed by atoms with Crippen molar-refractivity contribution in [3.05, 3.63) is 21.3 Å². The molecular weight excluding hydrogens is 424 g/mol. The lowest BCUT2D eigenvalue weighted by molar-refractivity contribution is -0.138. The summed E-state index contributed by atoms with van der Waals surface area (Å²) in [5, 5.41) is 13.6. The number of nitrogens with two attached hydrogens (primary N) is 1. The Morgan fingerprint density at radius 1 is 1.32 bits per heavy atom. The highest BCUT2D eigenvalue weighted by Gasteiger charge is 2.13. The van der Waals surface area contributed by atoms with Crippen molar-refractivity contribution in [1.82, 2.24) is 5.32 Å². The molecule has 0 saturated carbocycles. The molecule has 1 atom stereocenters. The highest BCUT2D eigenvalue weighted by Crippen LogP contribution is 2.18. The van der Waals surface area contributed by atoms with Gasteiger partial charge in [0.25, 0.3) is 0 Å². The molecule has 4 N–H and O–H groups in total. The van der Waals surface area contributed by atoms with Crippen molar-refractivity contribution < 1.29 is 23.7 Å². The molecule has 28 heavy (non-hydrogen) atoms. The maximum Gasteiger partial charge on any atom is 0.320 e. The molecule has 1 heterocycles. The molecule has 7 nitrogen and oxygen atoms in total. The summed E-state index contributed by atoms with van der Waals surface area (Å²) in [7, 11) is 0. The quantitative estimate of drug-likeness (QED) is 0.494. The van der Waals surface area contributed by atoms with E-state index in [1.807, 2.05) is 0 Å². The minimum absolute atomic E-state index is 0.104. The molecule has 0 spiro atoms. The Kier molecular flexibility index (Phi) is 18.0. The Labute approximate surface area is 178 Å². The van der Waals surface area contributed by atoms with Crippen molar-refractivity contribution in [1.29, 1.82) is 0 Å². The molecule has 0 aliphatic carbocycles. The van der Waals surface area contributed by atoms with Gasteiger partial charge in [-0.1, -0.05) is 25.4 Å². The lowest BCUT2D eigenvalue weighted by atomic mass is 10.1. The van der Waals surface area contributed by atoms with E-state index in [1.54, 1.807) is 18.4 Å². The third-order valence-electron chi connectivity index (χ3n) is 3.15. The summed E-state index contributed by atoms with van der Waals surface area (Å²) < 4.78 is 8.74. The van der Waals surface area contributed by atoms with Crippen LogP contribution >= 0.6 is 22.9 Å². The first-order chi connectivity index (χ1) is 13.0. The van der Waals surface area contributed by atoms with E-state index in [1.165, 1.54) is 11.3 Å². The SMILES string of the molecule is C=S=O.CC(=O)CCC(C)C.NC(CCC(=O)NCc1cc(Cl)cs1)C(=O)O. The van der Waals surface area contributed by atoms with Gasteiger partial charge in [-0.3, -0.25) is 9.59 Å². The predicted molar refractivity (Wildman–Crippen MR) is 116 cm³/mol. The molecule has 0 fully saturated rings. The second kappa shape index (κ2) is 17.5. The molecule has 0 aromatic carbocycles. The van der Waals surface area contributed by atoms with Gasteiger partial charge >= 0.3 is 5.97 Å². The van der Waals surface area contributed by atoms with Crippen molar-refractivity contribution in [3.8, 4) is 0 Å². The standard InChI is InChI=1S/C10H13ClN2O3S.C7H14O.CH2OS/c11-6-3-7(17-5-6)4-13-9(14)2-1-8(12)10(15)16;1-6(2)4-5-7(3)8;1-3-2/h3,5,8H,1-2,4,12H2,(H,13,14)(H,15,16);6H,4-5H2,1-3H3;1H2. The summed E-state index contributed by atoms with van der Waals surface area (Å²) in [6.07, 6.45) is 2.02. The minimum atomic E-state index is -1.09. The van der Waals surface area contributed by atoms with Crippen LogP contribution in [0.3, 0.4) is 0 Å². The van der Waals surface area contributed by atoms with Gasteiger partial charge in [-0.15, -0.1) is 11.3 Å². The molecule has 0 aliphatic heterocycles. The zero-order valence-electron chi connectivity index (χ0n) is 16.4. The summed E-state index contributed by atoms with van der Waals surface area (Å²) in [4.78, 5) is 33.1. The summed E-state index contributed by atoms with van der Waals surface area (Å²) in [5.41, 5.74) is 5.28. The number of carbonyl (C=O) groups is 3. The molecular formula is C18H29ClN2O5S2. The normalized spacial score (nSPS) is 10.6. The van der Waals surface area contributed by atoms with Gasteiger partial charge in [-0.05, 0) is 37.6 Å². The van der Waals surface area contributed by atoms with E-state index in [0.717, 1.165) is 17.7 Å². The Hall–Kier alpha value is -1.55. The van der Waals surface area contributed by atoms with Crippen LogP contribution < -0.4 is 11.1 Å². The lowest BCUT2D eigenvalue weighted by Crippen LogP contribution is -2.32. The van der Waals surface area contributed by atoms with Gasteiger partial charge in [0.2, 0.25) is 5.91 Å². The van der Waals surface area contributed by atoms with Crippen LogP contribution in [0.4, 0.5) is 0 Å². The molecule has 1 rings (SSSR count). The maximum atomic E-state index is 11.4. The van der Waals surface area contributed by atoms with E-state index in [-0.39, 0.29) is 30.0 Å². The van der Waals surface area contributed by atoms with Crippen LogP contribution in [-0.4, -0.2) is 38.9 Å². The minimum Gasteiger partial charge on any atom is -0.480 e. The number of aliphatic carboxylic acids is 1. The number of halogens is 1. The van der Waals surface area contributed by atoms with Crippen molar-refractivity contribution in [2.75, 3.05) is 0 Å². The topological polar surface area (TPSA) is 127 Å². The second-order valence-corrected chi connectivity index (χ2v) is 7.91. The zero-order chi connectivity index (χ0) is 22.1. The highest BCUT2D eigenvalue weighted by molar-refractivity contribution is 7.63. The lowest BCUT2D eigenvalue weighted by Gasteiger charge is -2.06. The Morgan fingerprint density at radius 2 is 1.89 bits per heavy atom. The number of rotatable bonds is 9. The molecule has 1 aromatic heterocycles. The Balaban J connectivity index is 0. The van der Waals surface area contributed by atoms with Crippen LogP contribution in [0.5, 0.6) is 0 Å². The number of carboxylic acids is 1. The van der Waals surface area contributed by atoms with Gasteiger partial charge < -0.3 is 21.0 Å². The second-order valence-electron chi connectivity index (χ2n) is 6.24. The van der Waals surface area contributed by atoms with Crippen molar-refractivity contribution in [2.24, 2.45) is 11.7 Å². The van der Waals surface area contributed by atoms with Crippen LogP contribution in [0.1, 0.15) is 51.3 Å². The van der Waals surface area contributed by atoms with Crippen molar-refractivity contribution >= 4 is 57.7 Å².